The standard InChI is InChI=1S/C14H21N3O4/c1-3-9-15-12(4-2)7-5-11-6-8-13(16(18)19)10-14(11)17(20)21/h6,8,10,12,15H,3-5,7,9H2,1-2H3. The Morgan fingerprint density at radius 1 is 1.19 bits per heavy atom. The number of non-ortho nitro benzene ring substituents is 1. The van der Waals surface area contributed by atoms with E-state index < -0.39 is 9.85 Å². The molecule has 1 aromatic carbocycles. The van der Waals surface area contributed by atoms with E-state index in [0.29, 0.717) is 18.0 Å². The zero-order valence-electron chi connectivity index (χ0n) is 12.4. The molecule has 7 heteroatoms. The van der Waals surface area contributed by atoms with Crippen LogP contribution < -0.4 is 5.32 Å². The van der Waals surface area contributed by atoms with E-state index in [9.17, 15) is 20.2 Å². The van der Waals surface area contributed by atoms with E-state index in [1.807, 2.05) is 0 Å². The van der Waals surface area contributed by atoms with Crippen molar-refractivity contribution in [1.29, 1.82) is 0 Å². The number of nitro groups is 2. The van der Waals surface area contributed by atoms with Gasteiger partial charge in [0.15, 0.2) is 0 Å². The third-order valence-electron chi connectivity index (χ3n) is 3.41. The lowest BCUT2D eigenvalue weighted by atomic mass is 10.0. The minimum atomic E-state index is -0.617. The molecule has 0 aliphatic carbocycles. The van der Waals surface area contributed by atoms with E-state index in [-0.39, 0.29) is 11.4 Å². The van der Waals surface area contributed by atoms with E-state index in [1.54, 1.807) is 0 Å². The lowest BCUT2D eigenvalue weighted by Crippen LogP contribution is -2.29. The molecule has 1 N–H and O–H groups in total. The topological polar surface area (TPSA) is 98.3 Å². The van der Waals surface area contributed by atoms with Crippen LogP contribution in [-0.4, -0.2) is 22.4 Å². The second kappa shape index (κ2) is 8.31. The summed E-state index contributed by atoms with van der Waals surface area (Å²) in [6.45, 7) is 5.07. The first-order valence-electron chi connectivity index (χ1n) is 7.14. The van der Waals surface area contributed by atoms with Crippen molar-refractivity contribution in [2.75, 3.05) is 6.54 Å². The summed E-state index contributed by atoms with van der Waals surface area (Å²) in [4.78, 5) is 20.6. The summed E-state index contributed by atoms with van der Waals surface area (Å²) in [5.74, 6) is 0. The van der Waals surface area contributed by atoms with Crippen LogP contribution in [0.4, 0.5) is 11.4 Å². The van der Waals surface area contributed by atoms with Crippen LogP contribution in [0.2, 0.25) is 0 Å². The number of nitro benzene ring substituents is 2. The molecule has 0 fully saturated rings. The normalized spacial score (nSPS) is 12.1. The van der Waals surface area contributed by atoms with Crippen molar-refractivity contribution in [3.63, 3.8) is 0 Å². The highest BCUT2D eigenvalue weighted by Crippen LogP contribution is 2.26. The average molecular weight is 295 g/mol. The van der Waals surface area contributed by atoms with Gasteiger partial charge >= 0.3 is 0 Å². The molecule has 0 aromatic heterocycles. The molecular weight excluding hydrogens is 274 g/mol. The molecule has 0 heterocycles. The summed E-state index contributed by atoms with van der Waals surface area (Å²) in [6, 6.07) is 4.15. The van der Waals surface area contributed by atoms with Crippen LogP contribution >= 0.6 is 0 Å². The largest absolute Gasteiger partial charge is 0.314 e. The first kappa shape index (κ1) is 17.0. The Bertz CT molecular complexity index is 505. The van der Waals surface area contributed by atoms with Crippen LogP contribution in [0, 0.1) is 20.2 Å². The van der Waals surface area contributed by atoms with Gasteiger partial charge in [0.1, 0.15) is 0 Å². The Balaban J connectivity index is 2.82. The molecule has 0 spiro atoms. The van der Waals surface area contributed by atoms with Crippen molar-refractivity contribution in [2.45, 2.75) is 45.6 Å². The number of nitrogens with zero attached hydrogens (tertiary/aromatic N) is 2. The molecule has 0 bridgehead atoms. The molecule has 1 aromatic rings. The van der Waals surface area contributed by atoms with E-state index in [2.05, 4.69) is 19.2 Å². The predicted molar refractivity (Wildman–Crippen MR) is 80.4 cm³/mol. The number of aryl methyl sites for hydroxylation is 1. The summed E-state index contributed by atoms with van der Waals surface area (Å²) in [7, 11) is 0. The monoisotopic (exact) mass is 295 g/mol. The lowest BCUT2D eigenvalue weighted by Gasteiger charge is -2.16. The number of rotatable bonds is 9. The fraction of sp³-hybridized carbons (Fsp3) is 0.571. The maximum atomic E-state index is 11.1. The second-order valence-electron chi connectivity index (χ2n) is 4.93. The first-order valence-corrected chi connectivity index (χ1v) is 7.14. The van der Waals surface area contributed by atoms with Gasteiger partial charge < -0.3 is 5.32 Å². The number of benzene rings is 1. The SMILES string of the molecule is CCCNC(CC)CCc1ccc([N+](=O)[O-])cc1[N+](=O)[O-]. The highest BCUT2D eigenvalue weighted by Gasteiger charge is 2.19. The Kier molecular flexibility index (Phi) is 6.74. The Labute approximate surface area is 123 Å². The number of nitrogens with one attached hydrogen (secondary N) is 1. The highest BCUT2D eigenvalue weighted by molar-refractivity contribution is 5.49. The quantitative estimate of drug-likeness (QED) is 0.557. The summed E-state index contributed by atoms with van der Waals surface area (Å²) < 4.78 is 0. The molecule has 1 rings (SSSR count). The van der Waals surface area contributed by atoms with Crippen molar-refractivity contribution in [3.8, 4) is 0 Å². The zero-order chi connectivity index (χ0) is 15.8. The van der Waals surface area contributed by atoms with Gasteiger partial charge in [-0.3, -0.25) is 20.2 Å². The van der Waals surface area contributed by atoms with Gasteiger partial charge in [-0.2, -0.15) is 0 Å². The molecule has 0 saturated carbocycles. The zero-order valence-corrected chi connectivity index (χ0v) is 12.4. The van der Waals surface area contributed by atoms with Crippen molar-refractivity contribution < 1.29 is 9.85 Å². The fourth-order valence-corrected chi connectivity index (χ4v) is 2.18. The van der Waals surface area contributed by atoms with Gasteiger partial charge in [-0.1, -0.05) is 13.8 Å². The fourth-order valence-electron chi connectivity index (χ4n) is 2.18. The molecule has 21 heavy (non-hydrogen) atoms. The minimum Gasteiger partial charge on any atom is -0.314 e. The Morgan fingerprint density at radius 3 is 2.43 bits per heavy atom. The molecular formula is C14H21N3O4. The van der Waals surface area contributed by atoms with Gasteiger partial charge in [0, 0.05) is 17.7 Å². The van der Waals surface area contributed by atoms with Crippen LogP contribution in [0.3, 0.4) is 0 Å². The third kappa shape index (κ3) is 5.11. The average Bonchev–Trinajstić information content (AvgIpc) is 2.47. The maximum absolute atomic E-state index is 11.1. The molecule has 0 radical (unpaired) electrons. The van der Waals surface area contributed by atoms with Crippen LogP contribution in [0.15, 0.2) is 18.2 Å². The summed E-state index contributed by atoms with van der Waals surface area (Å²) in [5.41, 5.74) is 0.124. The molecule has 0 aliphatic heterocycles. The maximum Gasteiger partial charge on any atom is 0.279 e. The van der Waals surface area contributed by atoms with Crippen LogP contribution in [0.1, 0.15) is 38.7 Å². The summed E-state index contributed by atoms with van der Waals surface area (Å²) in [5, 5.41) is 25.1. The van der Waals surface area contributed by atoms with Crippen LogP contribution in [0.5, 0.6) is 0 Å². The van der Waals surface area contributed by atoms with Crippen molar-refractivity contribution >= 4 is 11.4 Å². The van der Waals surface area contributed by atoms with E-state index in [1.165, 1.54) is 12.1 Å². The van der Waals surface area contributed by atoms with Gasteiger partial charge in [-0.05, 0) is 38.3 Å². The molecule has 0 saturated heterocycles. The number of hydrogen-bond acceptors (Lipinski definition) is 5. The second-order valence-corrected chi connectivity index (χ2v) is 4.93. The molecule has 7 nitrogen and oxygen atoms in total. The van der Waals surface area contributed by atoms with Gasteiger partial charge in [-0.25, -0.2) is 0 Å². The Morgan fingerprint density at radius 2 is 1.90 bits per heavy atom. The molecule has 0 amide bonds. The van der Waals surface area contributed by atoms with Crippen molar-refractivity contribution in [1.82, 2.24) is 5.32 Å². The van der Waals surface area contributed by atoms with Gasteiger partial charge in [0.05, 0.1) is 15.9 Å². The van der Waals surface area contributed by atoms with Gasteiger partial charge in [0.25, 0.3) is 11.4 Å². The first-order chi connectivity index (χ1) is 9.99. The summed E-state index contributed by atoms with van der Waals surface area (Å²) in [6.07, 6.45) is 3.29. The van der Waals surface area contributed by atoms with Gasteiger partial charge in [0.2, 0.25) is 0 Å². The highest BCUT2D eigenvalue weighted by atomic mass is 16.6. The predicted octanol–water partition coefficient (Wildman–Crippen LogP) is 3.21. The van der Waals surface area contributed by atoms with Crippen LogP contribution in [-0.2, 0) is 6.42 Å². The molecule has 116 valence electrons. The van der Waals surface area contributed by atoms with Crippen molar-refractivity contribution in [3.05, 3.63) is 44.0 Å². The van der Waals surface area contributed by atoms with Gasteiger partial charge in [-0.15, -0.1) is 0 Å². The van der Waals surface area contributed by atoms with E-state index in [0.717, 1.165) is 31.9 Å². The molecule has 1 unspecified atom stereocenters. The molecule has 0 aliphatic rings. The number of hydrogen-bond donors (Lipinski definition) is 1. The van der Waals surface area contributed by atoms with E-state index in [4.69, 9.17) is 0 Å². The smallest absolute Gasteiger partial charge is 0.279 e. The summed E-state index contributed by atoms with van der Waals surface area (Å²) >= 11 is 0. The van der Waals surface area contributed by atoms with E-state index >= 15 is 0 Å². The van der Waals surface area contributed by atoms with Crippen LogP contribution in [0.25, 0.3) is 0 Å². The third-order valence-corrected chi connectivity index (χ3v) is 3.41. The minimum absolute atomic E-state index is 0.172. The van der Waals surface area contributed by atoms with Crippen molar-refractivity contribution in [2.24, 2.45) is 0 Å². The lowest BCUT2D eigenvalue weighted by molar-refractivity contribution is -0.394. The Hall–Kier alpha value is -2.02. The molecule has 1 atom stereocenters.